The van der Waals surface area contributed by atoms with Gasteiger partial charge in [-0.2, -0.15) is 0 Å². The van der Waals surface area contributed by atoms with Crippen LogP contribution in [0.4, 0.5) is 10.3 Å². The Kier molecular flexibility index (Phi) is 3.01. The first-order chi connectivity index (χ1) is 9.49. The fourth-order valence-electron chi connectivity index (χ4n) is 2.39. The summed E-state index contributed by atoms with van der Waals surface area (Å²) in [5.74, 6) is 0.112. The van der Waals surface area contributed by atoms with Gasteiger partial charge in [0.15, 0.2) is 0 Å². The van der Waals surface area contributed by atoms with Gasteiger partial charge in [0.25, 0.3) is 0 Å². The molecule has 2 aromatic carbocycles. The minimum absolute atomic E-state index is 0.287. The van der Waals surface area contributed by atoms with E-state index in [1.807, 2.05) is 36.6 Å². The van der Waals surface area contributed by atoms with E-state index < -0.39 is 0 Å². The smallest absolute Gasteiger partial charge is 0.205 e. The highest BCUT2D eigenvalue weighted by Crippen LogP contribution is 2.29. The molecular weight excluding hydrogens is 321 g/mol. The Balaban J connectivity index is 2.38. The molecule has 0 radical (unpaired) electrons. The average molecular weight is 334 g/mol. The van der Waals surface area contributed by atoms with E-state index in [1.165, 1.54) is 6.07 Å². The zero-order valence-electron chi connectivity index (χ0n) is 11.1. The van der Waals surface area contributed by atoms with Crippen LogP contribution >= 0.6 is 15.9 Å². The van der Waals surface area contributed by atoms with Gasteiger partial charge in [0.2, 0.25) is 5.95 Å². The molecule has 0 unspecified atom stereocenters. The molecule has 0 fully saturated rings. The minimum Gasteiger partial charge on any atom is -0.369 e. The van der Waals surface area contributed by atoms with Gasteiger partial charge in [-0.25, -0.2) is 9.37 Å². The Morgan fingerprint density at radius 3 is 2.70 bits per heavy atom. The van der Waals surface area contributed by atoms with Crippen LogP contribution in [0.15, 0.2) is 34.8 Å². The first-order valence-electron chi connectivity index (χ1n) is 6.18. The molecule has 0 aliphatic carbocycles. The summed E-state index contributed by atoms with van der Waals surface area (Å²) in [5, 5.41) is 0. The molecule has 1 heterocycles. The predicted molar refractivity (Wildman–Crippen MR) is 82.6 cm³/mol. The van der Waals surface area contributed by atoms with E-state index in [-0.39, 0.29) is 5.82 Å². The molecule has 1 aromatic heterocycles. The van der Waals surface area contributed by atoms with Crippen LogP contribution in [0.2, 0.25) is 0 Å². The second kappa shape index (κ2) is 4.59. The van der Waals surface area contributed by atoms with Crippen LogP contribution in [0.25, 0.3) is 16.7 Å². The number of benzene rings is 2. The number of nitrogen functional groups attached to an aromatic ring is 1. The third-order valence-electron chi connectivity index (χ3n) is 3.39. The molecule has 0 bridgehead atoms. The lowest BCUT2D eigenvalue weighted by Gasteiger charge is -2.11. The number of anilines is 1. The highest BCUT2D eigenvalue weighted by molar-refractivity contribution is 9.10. The lowest BCUT2D eigenvalue weighted by Crippen LogP contribution is -2.03. The molecule has 20 heavy (non-hydrogen) atoms. The van der Waals surface area contributed by atoms with Crippen molar-refractivity contribution in [3.63, 3.8) is 0 Å². The number of imidazole rings is 1. The van der Waals surface area contributed by atoms with Gasteiger partial charge in [0.05, 0.1) is 21.2 Å². The monoisotopic (exact) mass is 333 g/mol. The minimum atomic E-state index is -0.287. The van der Waals surface area contributed by atoms with Gasteiger partial charge in [0.1, 0.15) is 5.82 Å². The highest BCUT2D eigenvalue weighted by Gasteiger charge is 2.14. The zero-order valence-corrected chi connectivity index (χ0v) is 12.7. The Morgan fingerprint density at radius 2 is 1.95 bits per heavy atom. The van der Waals surface area contributed by atoms with Crippen molar-refractivity contribution in [1.29, 1.82) is 0 Å². The van der Waals surface area contributed by atoms with Crippen molar-refractivity contribution in [3.8, 4) is 5.69 Å². The molecule has 102 valence electrons. The predicted octanol–water partition coefficient (Wildman–Crippen LogP) is 4.13. The number of aromatic nitrogens is 2. The number of hydrogen-bond acceptors (Lipinski definition) is 2. The SMILES string of the molecule is Cc1cc(F)c(Br)cc1-n1c(N)nc2c(C)cccc21. The van der Waals surface area contributed by atoms with Gasteiger partial charge in [-0.3, -0.25) is 4.57 Å². The largest absolute Gasteiger partial charge is 0.369 e. The fraction of sp³-hybridized carbons (Fsp3) is 0.133. The second-order valence-corrected chi connectivity index (χ2v) is 5.66. The number of hydrogen-bond donors (Lipinski definition) is 1. The van der Waals surface area contributed by atoms with Crippen LogP contribution in [0.3, 0.4) is 0 Å². The summed E-state index contributed by atoms with van der Waals surface area (Å²) in [6, 6.07) is 9.13. The van der Waals surface area contributed by atoms with Crippen molar-refractivity contribution in [2.45, 2.75) is 13.8 Å². The van der Waals surface area contributed by atoms with Crippen molar-refractivity contribution in [2.75, 3.05) is 5.73 Å². The maximum atomic E-state index is 13.6. The molecule has 0 aliphatic rings. The summed E-state index contributed by atoms with van der Waals surface area (Å²) < 4.78 is 15.8. The van der Waals surface area contributed by atoms with Crippen molar-refractivity contribution < 1.29 is 4.39 Å². The van der Waals surface area contributed by atoms with Crippen LogP contribution in [0.5, 0.6) is 0 Å². The summed E-state index contributed by atoms with van der Waals surface area (Å²) in [6.45, 7) is 3.85. The summed E-state index contributed by atoms with van der Waals surface area (Å²) in [7, 11) is 0. The molecule has 0 saturated carbocycles. The normalized spacial score (nSPS) is 11.2. The van der Waals surface area contributed by atoms with Gasteiger partial charge >= 0.3 is 0 Å². The van der Waals surface area contributed by atoms with Crippen molar-refractivity contribution in [2.24, 2.45) is 0 Å². The fourth-order valence-corrected chi connectivity index (χ4v) is 2.72. The first-order valence-corrected chi connectivity index (χ1v) is 6.98. The molecule has 5 heteroatoms. The van der Waals surface area contributed by atoms with E-state index in [2.05, 4.69) is 20.9 Å². The maximum Gasteiger partial charge on any atom is 0.205 e. The first kappa shape index (κ1) is 13.1. The van der Waals surface area contributed by atoms with Gasteiger partial charge < -0.3 is 5.73 Å². The number of halogens is 2. The van der Waals surface area contributed by atoms with Gasteiger partial charge in [-0.15, -0.1) is 0 Å². The van der Waals surface area contributed by atoms with Crippen molar-refractivity contribution in [3.05, 3.63) is 51.7 Å². The maximum absolute atomic E-state index is 13.6. The topological polar surface area (TPSA) is 43.8 Å². The lowest BCUT2D eigenvalue weighted by molar-refractivity contribution is 0.619. The van der Waals surface area contributed by atoms with Crippen LogP contribution in [0, 0.1) is 19.7 Å². The van der Waals surface area contributed by atoms with E-state index in [9.17, 15) is 4.39 Å². The Bertz CT molecular complexity index is 824. The number of para-hydroxylation sites is 1. The number of nitrogens with zero attached hydrogens (tertiary/aromatic N) is 2. The standard InChI is InChI=1S/C15H13BrFN3/c1-8-4-3-5-12-14(8)19-15(18)20(12)13-7-10(16)11(17)6-9(13)2/h3-7H,1-2H3,(H2,18,19). The van der Waals surface area contributed by atoms with Crippen LogP contribution in [-0.4, -0.2) is 9.55 Å². The molecular formula is C15H13BrFN3. The summed E-state index contributed by atoms with van der Waals surface area (Å²) in [4.78, 5) is 4.41. The number of nitrogens with two attached hydrogens (primary N) is 1. The Hall–Kier alpha value is -1.88. The number of aryl methyl sites for hydroxylation is 2. The lowest BCUT2D eigenvalue weighted by atomic mass is 10.1. The quantitative estimate of drug-likeness (QED) is 0.727. The van der Waals surface area contributed by atoms with E-state index in [0.717, 1.165) is 27.8 Å². The van der Waals surface area contributed by atoms with E-state index >= 15 is 0 Å². The molecule has 3 nitrogen and oxygen atoms in total. The third-order valence-corrected chi connectivity index (χ3v) is 4.00. The molecule has 3 rings (SSSR count). The zero-order chi connectivity index (χ0) is 14.4. The number of rotatable bonds is 1. The third kappa shape index (κ3) is 1.89. The highest BCUT2D eigenvalue weighted by atomic mass is 79.9. The van der Waals surface area contributed by atoms with Crippen LogP contribution in [0.1, 0.15) is 11.1 Å². The van der Waals surface area contributed by atoms with Crippen LogP contribution in [-0.2, 0) is 0 Å². The van der Waals surface area contributed by atoms with E-state index in [4.69, 9.17) is 5.73 Å². The molecule has 3 aromatic rings. The molecule has 0 spiro atoms. The van der Waals surface area contributed by atoms with Gasteiger partial charge in [0, 0.05) is 0 Å². The van der Waals surface area contributed by atoms with E-state index in [0.29, 0.717) is 10.4 Å². The van der Waals surface area contributed by atoms with E-state index in [1.54, 1.807) is 6.07 Å². The molecule has 0 aliphatic heterocycles. The molecule has 2 N–H and O–H groups in total. The van der Waals surface area contributed by atoms with Crippen LogP contribution < -0.4 is 5.73 Å². The van der Waals surface area contributed by atoms with Gasteiger partial charge in [-0.05, 0) is 59.1 Å². The summed E-state index contributed by atoms with van der Waals surface area (Å²) in [5.41, 5.74) is 10.5. The second-order valence-electron chi connectivity index (χ2n) is 4.80. The van der Waals surface area contributed by atoms with Crippen molar-refractivity contribution in [1.82, 2.24) is 9.55 Å². The van der Waals surface area contributed by atoms with Crippen molar-refractivity contribution >= 4 is 32.9 Å². The average Bonchev–Trinajstić information content (AvgIpc) is 2.72. The molecule has 0 atom stereocenters. The Labute approximate surface area is 124 Å². The molecule has 0 amide bonds. The molecule has 0 saturated heterocycles. The summed E-state index contributed by atoms with van der Waals surface area (Å²) in [6.07, 6.45) is 0. The summed E-state index contributed by atoms with van der Waals surface area (Å²) >= 11 is 3.22. The Morgan fingerprint density at radius 1 is 1.20 bits per heavy atom. The number of fused-ring (bicyclic) bond motifs is 1. The van der Waals surface area contributed by atoms with Gasteiger partial charge in [-0.1, -0.05) is 12.1 Å².